The van der Waals surface area contributed by atoms with Gasteiger partial charge in [0.2, 0.25) is 5.88 Å². The number of fused-ring (bicyclic) bond motifs is 1. The van der Waals surface area contributed by atoms with Gasteiger partial charge in [-0.2, -0.15) is 0 Å². The molecule has 2 N–H and O–H groups in total. The van der Waals surface area contributed by atoms with Crippen molar-refractivity contribution in [2.75, 3.05) is 12.4 Å². The Morgan fingerprint density at radius 2 is 1.97 bits per heavy atom. The first-order chi connectivity index (χ1) is 16.7. The average molecular weight is 475 g/mol. The number of nitrogens with zero attached hydrogens (tertiary/aromatic N) is 7. The summed E-state index contributed by atoms with van der Waals surface area (Å²) in [6.45, 7) is 5.43. The van der Waals surface area contributed by atoms with Gasteiger partial charge in [0.05, 0.1) is 12.8 Å². The summed E-state index contributed by atoms with van der Waals surface area (Å²) in [5.41, 5.74) is 0.204. The molecule has 0 saturated heterocycles. The molecule has 5 heterocycles. The van der Waals surface area contributed by atoms with Crippen LogP contribution in [0.2, 0.25) is 0 Å². The smallest absolute Gasteiger partial charge is 0.263 e. The van der Waals surface area contributed by atoms with Gasteiger partial charge in [0.25, 0.3) is 5.91 Å². The predicted molar refractivity (Wildman–Crippen MR) is 127 cm³/mol. The molecule has 180 valence electrons. The summed E-state index contributed by atoms with van der Waals surface area (Å²) in [6.07, 6.45) is 3.44. The zero-order valence-corrected chi connectivity index (χ0v) is 19.9. The molecule has 11 heteroatoms. The molecule has 0 bridgehead atoms. The Bertz CT molecular complexity index is 1400. The highest BCUT2D eigenvalue weighted by molar-refractivity contribution is 6.05. The molecule has 1 aliphatic rings. The zero-order valence-electron chi connectivity index (χ0n) is 19.9. The Morgan fingerprint density at radius 3 is 2.74 bits per heavy atom. The van der Waals surface area contributed by atoms with Crippen LogP contribution in [0.1, 0.15) is 55.1 Å². The third-order valence-electron chi connectivity index (χ3n) is 5.93. The number of aliphatic hydroxyl groups is 1. The highest BCUT2D eigenvalue weighted by Gasteiger charge is 2.26. The van der Waals surface area contributed by atoms with Crippen LogP contribution in [0.15, 0.2) is 42.6 Å². The first-order valence-corrected chi connectivity index (χ1v) is 11.3. The van der Waals surface area contributed by atoms with Gasteiger partial charge in [-0.05, 0) is 51.5 Å². The largest absolute Gasteiger partial charge is 0.479 e. The second-order valence-corrected chi connectivity index (χ2v) is 9.00. The molecule has 0 aromatic carbocycles. The lowest BCUT2D eigenvalue weighted by atomic mass is 10.1. The second-order valence-electron chi connectivity index (χ2n) is 9.00. The Balaban J connectivity index is 1.42. The van der Waals surface area contributed by atoms with Crippen LogP contribution in [0.3, 0.4) is 0 Å². The fraction of sp³-hybridized carbons (Fsp3) is 0.333. The monoisotopic (exact) mass is 474 g/mol. The van der Waals surface area contributed by atoms with Crippen LogP contribution < -0.4 is 10.1 Å². The Labute approximate surface area is 201 Å². The number of aromatic nitrogens is 7. The van der Waals surface area contributed by atoms with Crippen LogP contribution in [-0.4, -0.2) is 52.6 Å². The number of methoxy groups -OCH3 is 1. The minimum absolute atomic E-state index is 0.137. The average Bonchev–Trinajstić information content (AvgIpc) is 3.55. The van der Waals surface area contributed by atoms with Gasteiger partial charge >= 0.3 is 0 Å². The van der Waals surface area contributed by atoms with Crippen molar-refractivity contribution in [1.29, 1.82) is 0 Å². The number of aryl methyl sites for hydroxylation is 1. The molecule has 0 aliphatic carbocycles. The number of rotatable bonds is 6. The molecule has 1 atom stereocenters. The number of anilines is 1. The van der Waals surface area contributed by atoms with Crippen LogP contribution in [0.5, 0.6) is 5.88 Å². The van der Waals surface area contributed by atoms with Gasteiger partial charge in [-0.3, -0.25) is 4.79 Å². The topological polar surface area (TPSA) is 133 Å². The lowest BCUT2D eigenvalue weighted by molar-refractivity contribution is 0.0738. The number of carbonyl (C=O) groups excluding carboxylic acids is 1. The number of hydrogen-bond donors (Lipinski definition) is 2. The fourth-order valence-corrected chi connectivity index (χ4v) is 4.09. The summed E-state index contributed by atoms with van der Waals surface area (Å²) in [4.78, 5) is 22.2. The van der Waals surface area contributed by atoms with Gasteiger partial charge in [0, 0.05) is 18.7 Å². The molecule has 1 aliphatic heterocycles. The summed E-state index contributed by atoms with van der Waals surface area (Å²) in [5, 5.41) is 26.0. The van der Waals surface area contributed by atoms with Crippen molar-refractivity contribution in [3.8, 4) is 23.2 Å². The van der Waals surface area contributed by atoms with Crippen molar-refractivity contribution >= 4 is 11.7 Å². The van der Waals surface area contributed by atoms with E-state index in [9.17, 15) is 9.90 Å². The van der Waals surface area contributed by atoms with E-state index in [1.54, 1.807) is 38.1 Å². The first kappa shape index (κ1) is 22.7. The molecule has 4 aromatic rings. The highest BCUT2D eigenvalue weighted by atomic mass is 16.5. The van der Waals surface area contributed by atoms with Crippen LogP contribution in [0.4, 0.5) is 5.82 Å². The van der Waals surface area contributed by atoms with Crippen molar-refractivity contribution in [2.24, 2.45) is 0 Å². The molecule has 5 rings (SSSR count). The quantitative estimate of drug-likeness (QED) is 0.436. The fourth-order valence-electron chi connectivity index (χ4n) is 4.09. The normalized spacial score (nSPS) is 15.2. The maximum absolute atomic E-state index is 13.1. The van der Waals surface area contributed by atoms with Crippen LogP contribution in [0.25, 0.3) is 17.3 Å². The minimum Gasteiger partial charge on any atom is -0.479 e. The van der Waals surface area contributed by atoms with E-state index in [1.807, 2.05) is 12.1 Å². The maximum Gasteiger partial charge on any atom is 0.263 e. The van der Waals surface area contributed by atoms with Crippen molar-refractivity contribution in [3.63, 3.8) is 0 Å². The van der Waals surface area contributed by atoms with E-state index in [2.05, 4.69) is 42.1 Å². The van der Waals surface area contributed by atoms with E-state index in [0.717, 1.165) is 18.7 Å². The van der Waals surface area contributed by atoms with E-state index in [4.69, 9.17) is 4.74 Å². The summed E-state index contributed by atoms with van der Waals surface area (Å²) in [6, 6.07) is 10.9. The molecule has 0 spiro atoms. The van der Waals surface area contributed by atoms with Gasteiger partial charge < -0.3 is 19.7 Å². The van der Waals surface area contributed by atoms with Crippen molar-refractivity contribution in [3.05, 3.63) is 59.7 Å². The van der Waals surface area contributed by atoms with Crippen molar-refractivity contribution in [2.45, 2.75) is 45.3 Å². The number of pyridine rings is 2. The Hall–Kier alpha value is -4.12. The summed E-state index contributed by atoms with van der Waals surface area (Å²) in [5.74, 6) is 2.14. The van der Waals surface area contributed by atoms with Crippen molar-refractivity contribution in [1.82, 2.24) is 34.5 Å². The molecule has 1 amide bonds. The van der Waals surface area contributed by atoms with Crippen LogP contribution in [0, 0.1) is 0 Å². The number of ether oxygens (including phenoxy) is 1. The molecule has 0 unspecified atom stereocenters. The van der Waals surface area contributed by atoms with E-state index in [0.29, 0.717) is 34.9 Å². The lowest BCUT2D eigenvalue weighted by Gasteiger charge is -2.16. The molecular formula is C24H26N8O3. The predicted octanol–water partition coefficient (Wildman–Crippen LogP) is 2.92. The van der Waals surface area contributed by atoms with E-state index in [-0.39, 0.29) is 11.4 Å². The molecular weight excluding hydrogens is 448 g/mol. The number of hydrogen-bond acceptors (Lipinski definition) is 8. The summed E-state index contributed by atoms with van der Waals surface area (Å²) >= 11 is 0. The van der Waals surface area contributed by atoms with E-state index in [1.165, 1.54) is 18.0 Å². The van der Waals surface area contributed by atoms with Gasteiger partial charge in [-0.25, -0.2) is 14.6 Å². The lowest BCUT2D eigenvalue weighted by Crippen LogP contribution is -2.18. The first-order valence-electron chi connectivity index (χ1n) is 11.3. The van der Waals surface area contributed by atoms with Crippen molar-refractivity contribution < 1.29 is 14.6 Å². The Morgan fingerprint density at radius 1 is 1.17 bits per heavy atom. The standard InChI is InChI=1S/C24H26N8O3/c1-14-11-12-20-28-29-21(32(14)20)16-7-5-9-18(25-16)27-22(33)15-13-31(30-23(15)35-4)19-10-6-8-17(26-19)24(2,3)34/h5-10,13-14,34H,11-12H2,1-4H3,(H,25,27,33)/t14-/m0/s1. The van der Waals surface area contributed by atoms with Gasteiger partial charge in [-0.1, -0.05) is 12.1 Å². The van der Waals surface area contributed by atoms with E-state index >= 15 is 0 Å². The highest BCUT2D eigenvalue weighted by Crippen LogP contribution is 2.30. The third kappa shape index (κ3) is 4.26. The zero-order chi connectivity index (χ0) is 24.7. The summed E-state index contributed by atoms with van der Waals surface area (Å²) < 4.78 is 8.87. The van der Waals surface area contributed by atoms with Gasteiger partial charge in [0.1, 0.15) is 28.5 Å². The van der Waals surface area contributed by atoms with Gasteiger partial charge in [-0.15, -0.1) is 15.3 Å². The molecule has 0 fully saturated rings. The molecule has 0 saturated carbocycles. The Kier molecular flexibility index (Phi) is 5.56. The van der Waals surface area contributed by atoms with Crippen LogP contribution >= 0.6 is 0 Å². The SMILES string of the molecule is COc1nn(-c2cccc(C(C)(C)O)n2)cc1C(=O)Nc1cccc(-c2nnc3n2[C@@H](C)CC3)n1. The minimum atomic E-state index is -1.12. The third-order valence-corrected chi connectivity index (χ3v) is 5.93. The number of nitrogens with one attached hydrogen (secondary N) is 1. The van der Waals surface area contributed by atoms with Crippen LogP contribution in [-0.2, 0) is 12.0 Å². The number of carbonyl (C=O) groups is 1. The maximum atomic E-state index is 13.1. The summed E-state index contributed by atoms with van der Waals surface area (Å²) in [7, 11) is 1.44. The van der Waals surface area contributed by atoms with E-state index < -0.39 is 11.5 Å². The molecule has 35 heavy (non-hydrogen) atoms. The molecule has 11 nitrogen and oxygen atoms in total. The second kappa shape index (κ2) is 8.58. The number of amides is 1. The molecule has 4 aromatic heterocycles. The molecule has 0 radical (unpaired) electrons. The van der Waals surface area contributed by atoms with Gasteiger partial charge in [0.15, 0.2) is 11.6 Å².